The zero-order valence-corrected chi connectivity index (χ0v) is 19.0. The first-order valence-electron chi connectivity index (χ1n) is 10.1. The fraction of sp³-hybridized carbons (Fsp3) is 0.273. The molecule has 158 valence electrons. The van der Waals surface area contributed by atoms with Gasteiger partial charge in [0.15, 0.2) is 5.13 Å². The largest absolute Gasteiger partial charge is 0.345 e. The van der Waals surface area contributed by atoms with Crippen LogP contribution < -0.4 is 9.80 Å². The molecular formula is C22H19BrN4O3S. The molecule has 5 rings (SSSR count). The number of hydrogen-bond acceptors (Lipinski definition) is 6. The molecule has 9 heteroatoms. The van der Waals surface area contributed by atoms with E-state index >= 15 is 0 Å². The molecule has 2 fully saturated rings. The first kappa shape index (κ1) is 20.1. The number of thiazole rings is 1. The van der Waals surface area contributed by atoms with Crippen molar-refractivity contribution in [2.45, 2.75) is 12.8 Å². The van der Waals surface area contributed by atoms with Gasteiger partial charge in [0.2, 0.25) is 11.8 Å². The minimum atomic E-state index is -0.217. The average molecular weight is 499 g/mol. The number of aromatic nitrogens is 1. The maximum absolute atomic E-state index is 13.1. The number of carbonyl (C=O) groups excluding carboxylic acids is 3. The Hall–Kier alpha value is -2.78. The highest BCUT2D eigenvalue weighted by Crippen LogP contribution is 2.31. The smallest absolute Gasteiger partial charge is 0.254 e. The Morgan fingerprint density at radius 3 is 2.45 bits per heavy atom. The van der Waals surface area contributed by atoms with Crippen molar-refractivity contribution in [1.29, 1.82) is 0 Å². The van der Waals surface area contributed by atoms with E-state index in [-0.39, 0.29) is 30.6 Å². The molecule has 3 amide bonds. The molecule has 0 N–H and O–H groups in total. The molecule has 2 aromatic carbocycles. The number of anilines is 2. The van der Waals surface area contributed by atoms with Crippen LogP contribution in [0.15, 0.2) is 46.9 Å². The summed E-state index contributed by atoms with van der Waals surface area (Å²) in [7, 11) is 0. The second-order valence-electron chi connectivity index (χ2n) is 7.56. The number of halogens is 1. The third-order valence-electron chi connectivity index (χ3n) is 5.58. The summed E-state index contributed by atoms with van der Waals surface area (Å²) < 4.78 is 2.16. The molecule has 2 aliphatic rings. The van der Waals surface area contributed by atoms with Crippen molar-refractivity contribution in [3.05, 3.63) is 52.5 Å². The van der Waals surface area contributed by atoms with E-state index in [4.69, 9.17) is 4.98 Å². The Bertz CT molecular complexity index is 1190. The topological polar surface area (TPSA) is 73.8 Å². The van der Waals surface area contributed by atoms with Crippen molar-refractivity contribution in [3.8, 4) is 0 Å². The molecule has 0 saturated carbocycles. The van der Waals surface area contributed by atoms with Crippen LogP contribution in [0.1, 0.15) is 23.2 Å². The maximum Gasteiger partial charge on any atom is 0.254 e. The number of piperazine rings is 1. The number of nitrogens with zero attached hydrogens (tertiary/aromatic N) is 4. The van der Waals surface area contributed by atoms with E-state index in [1.54, 1.807) is 35.6 Å². The van der Waals surface area contributed by atoms with Gasteiger partial charge in [0.05, 0.1) is 15.9 Å². The van der Waals surface area contributed by atoms with Crippen molar-refractivity contribution < 1.29 is 14.4 Å². The van der Waals surface area contributed by atoms with Gasteiger partial charge in [-0.25, -0.2) is 4.98 Å². The number of imide groups is 1. The highest BCUT2D eigenvalue weighted by atomic mass is 79.9. The van der Waals surface area contributed by atoms with Crippen LogP contribution in [0.3, 0.4) is 0 Å². The highest BCUT2D eigenvalue weighted by Gasteiger charge is 2.31. The van der Waals surface area contributed by atoms with Gasteiger partial charge < -0.3 is 9.80 Å². The third-order valence-corrected chi connectivity index (χ3v) is 7.15. The molecule has 1 aromatic heterocycles. The van der Waals surface area contributed by atoms with Gasteiger partial charge >= 0.3 is 0 Å². The molecule has 7 nitrogen and oxygen atoms in total. The van der Waals surface area contributed by atoms with Crippen LogP contribution in [0.2, 0.25) is 0 Å². The van der Waals surface area contributed by atoms with Crippen molar-refractivity contribution >= 4 is 66.0 Å². The van der Waals surface area contributed by atoms with Crippen LogP contribution in [0.25, 0.3) is 10.2 Å². The van der Waals surface area contributed by atoms with E-state index in [0.717, 1.165) is 19.8 Å². The molecule has 0 atom stereocenters. The lowest BCUT2D eigenvalue weighted by Gasteiger charge is -2.34. The number of rotatable bonds is 3. The van der Waals surface area contributed by atoms with E-state index in [0.29, 0.717) is 37.4 Å². The lowest BCUT2D eigenvalue weighted by atomic mass is 10.1. The quantitative estimate of drug-likeness (QED) is 0.515. The van der Waals surface area contributed by atoms with Gasteiger partial charge in [-0.15, -0.1) is 0 Å². The summed E-state index contributed by atoms with van der Waals surface area (Å²) >= 11 is 5.15. The molecule has 31 heavy (non-hydrogen) atoms. The van der Waals surface area contributed by atoms with Crippen LogP contribution >= 0.6 is 27.3 Å². The number of carbonyl (C=O) groups is 3. The highest BCUT2D eigenvalue weighted by molar-refractivity contribution is 9.10. The number of benzene rings is 2. The van der Waals surface area contributed by atoms with E-state index in [1.807, 2.05) is 17.0 Å². The Labute approximate surface area is 191 Å². The third kappa shape index (κ3) is 3.83. The Morgan fingerprint density at radius 1 is 0.968 bits per heavy atom. The number of hydrogen-bond donors (Lipinski definition) is 0. The van der Waals surface area contributed by atoms with Gasteiger partial charge in [0.1, 0.15) is 0 Å². The zero-order chi connectivity index (χ0) is 21.5. The van der Waals surface area contributed by atoms with Gasteiger partial charge in [0.25, 0.3) is 5.91 Å². The lowest BCUT2D eigenvalue weighted by Crippen LogP contribution is -2.48. The molecule has 0 unspecified atom stereocenters. The monoisotopic (exact) mass is 498 g/mol. The van der Waals surface area contributed by atoms with Gasteiger partial charge in [-0.2, -0.15) is 0 Å². The molecule has 3 heterocycles. The summed E-state index contributed by atoms with van der Waals surface area (Å²) in [5.74, 6) is -0.522. The summed E-state index contributed by atoms with van der Waals surface area (Å²) in [5, 5.41) is 0.966. The van der Waals surface area contributed by atoms with E-state index in [2.05, 4.69) is 26.9 Å². The predicted molar refractivity (Wildman–Crippen MR) is 124 cm³/mol. The Kier molecular flexibility index (Phi) is 5.23. The first-order valence-corrected chi connectivity index (χ1v) is 11.7. The van der Waals surface area contributed by atoms with Crippen LogP contribution in [0, 0.1) is 0 Å². The number of fused-ring (bicyclic) bond motifs is 1. The molecule has 0 spiro atoms. The van der Waals surface area contributed by atoms with Crippen LogP contribution in [0.5, 0.6) is 0 Å². The molecule has 0 aliphatic carbocycles. The minimum Gasteiger partial charge on any atom is -0.345 e. The zero-order valence-electron chi connectivity index (χ0n) is 16.6. The van der Waals surface area contributed by atoms with Crippen molar-refractivity contribution in [3.63, 3.8) is 0 Å². The normalized spacial score (nSPS) is 17.1. The summed E-state index contributed by atoms with van der Waals surface area (Å²) in [4.78, 5) is 47.0. The molecule has 0 radical (unpaired) electrons. The molecule has 2 saturated heterocycles. The summed E-state index contributed by atoms with van der Waals surface area (Å²) in [5.41, 5.74) is 1.94. The molecule has 2 aliphatic heterocycles. The van der Waals surface area contributed by atoms with Crippen molar-refractivity contribution in [2.24, 2.45) is 0 Å². The van der Waals surface area contributed by atoms with Crippen molar-refractivity contribution in [1.82, 2.24) is 9.88 Å². The molecule has 0 bridgehead atoms. The van der Waals surface area contributed by atoms with Gasteiger partial charge in [-0.05, 0) is 36.4 Å². The first-order chi connectivity index (χ1) is 15.0. The van der Waals surface area contributed by atoms with Crippen molar-refractivity contribution in [2.75, 3.05) is 36.0 Å². The standard InChI is InChI=1S/C22H19BrN4O3S/c23-15-4-5-17-18(13-15)31-22(24-17)26-10-8-25(9-11-26)21(30)14-2-1-3-16(12-14)27-19(28)6-7-20(27)29/h1-5,12-13H,6-11H2. The minimum absolute atomic E-state index is 0.0891. The van der Waals surface area contributed by atoms with Crippen LogP contribution in [-0.2, 0) is 9.59 Å². The van der Waals surface area contributed by atoms with E-state index < -0.39 is 0 Å². The second-order valence-corrected chi connectivity index (χ2v) is 9.49. The van der Waals surface area contributed by atoms with Gasteiger partial charge in [0, 0.05) is 49.1 Å². The number of amides is 3. The summed E-state index contributed by atoms with van der Waals surface area (Å²) in [6.07, 6.45) is 0.448. The summed E-state index contributed by atoms with van der Waals surface area (Å²) in [6, 6.07) is 12.8. The fourth-order valence-corrected chi connectivity index (χ4v) is 5.52. The molecule has 3 aromatic rings. The SMILES string of the molecule is O=C(c1cccc(N2C(=O)CCC2=O)c1)N1CCN(c2nc3ccc(Br)cc3s2)CC1. The van der Waals surface area contributed by atoms with Gasteiger partial charge in [-0.3, -0.25) is 19.3 Å². The van der Waals surface area contributed by atoms with Crippen LogP contribution in [0.4, 0.5) is 10.8 Å². The lowest BCUT2D eigenvalue weighted by molar-refractivity contribution is -0.121. The Morgan fingerprint density at radius 2 is 1.71 bits per heavy atom. The maximum atomic E-state index is 13.1. The molecular weight excluding hydrogens is 480 g/mol. The van der Waals surface area contributed by atoms with Gasteiger partial charge in [-0.1, -0.05) is 33.3 Å². The predicted octanol–water partition coefficient (Wildman–Crippen LogP) is 3.67. The van der Waals surface area contributed by atoms with E-state index in [9.17, 15) is 14.4 Å². The van der Waals surface area contributed by atoms with E-state index in [1.165, 1.54) is 4.90 Å². The Balaban J connectivity index is 1.28. The average Bonchev–Trinajstić information content (AvgIpc) is 3.35. The van der Waals surface area contributed by atoms with Crippen LogP contribution in [-0.4, -0.2) is 53.8 Å². The fourth-order valence-electron chi connectivity index (χ4n) is 3.95. The summed E-state index contributed by atoms with van der Waals surface area (Å²) in [6.45, 7) is 2.58. The second kappa shape index (κ2) is 8.05.